The van der Waals surface area contributed by atoms with E-state index in [0.717, 1.165) is 24.0 Å². The Bertz CT molecular complexity index is 998. The molecule has 0 spiro atoms. The van der Waals surface area contributed by atoms with Crippen LogP contribution in [0.1, 0.15) is 58.6 Å². The largest absolute Gasteiger partial charge is 0.355 e. The van der Waals surface area contributed by atoms with Crippen molar-refractivity contribution in [1.29, 1.82) is 0 Å². The van der Waals surface area contributed by atoms with E-state index in [1.165, 1.54) is 0 Å². The van der Waals surface area contributed by atoms with Gasteiger partial charge in [-0.1, -0.05) is 58.9 Å². The van der Waals surface area contributed by atoms with Gasteiger partial charge in [0.05, 0.1) is 10.3 Å². The molecule has 162 valence electrons. The lowest BCUT2D eigenvalue weighted by molar-refractivity contribution is -0.123. The fraction of sp³-hybridized carbons (Fsp3) is 0.458. The van der Waals surface area contributed by atoms with Crippen molar-refractivity contribution in [1.82, 2.24) is 5.32 Å². The molecule has 0 aliphatic heterocycles. The minimum absolute atomic E-state index is 0.0359. The van der Waals surface area contributed by atoms with E-state index < -0.39 is 15.4 Å². The summed E-state index contributed by atoms with van der Waals surface area (Å²) in [6, 6.07) is 14.1. The van der Waals surface area contributed by atoms with Crippen LogP contribution >= 0.6 is 0 Å². The fourth-order valence-electron chi connectivity index (χ4n) is 3.44. The Morgan fingerprint density at radius 2 is 1.57 bits per heavy atom. The molecule has 30 heavy (non-hydrogen) atoms. The van der Waals surface area contributed by atoms with Crippen LogP contribution in [0.2, 0.25) is 0 Å². The number of amides is 1. The molecule has 1 amide bonds. The molecule has 1 aliphatic rings. The summed E-state index contributed by atoms with van der Waals surface area (Å²) in [6.07, 6.45) is 1.64. The summed E-state index contributed by atoms with van der Waals surface area (Å²) in [5.74, 6) is 0.461. The van der Waals surface area contributed by atoms with Gasteiger partial charge in [0, 0.05) is 12.2 Å². The first kappa shape index (κ1) is 22.3. The highest BCUT2D eigenvalue weighted by Gasteiger charge is 2.51. The number of hydrogen-bond donors (Lipinski definition) is 2. The van der Waals surface area contributed by atoms with E-state index in [9.17, 15) is 13.2 Å². The Balaban J connectivity index is 1.72. The molecule has 0 aromatic heterocycles. The predicted molar refractivity (Wildman–Crippen MR) is 121 cm³/mol. The van der Waals surface area contributed by atoms with Gasteiger partial charge in [-0.2, -0.15) is 0 Å². The third-order valence-electron chi connectivity index (χ3n) is 5.58. The lowest BCUT2D eigenvalue weighted by Crippen LogP contribution is -2.36. The third kappa shape index (κ3) is 4.86. The molecule has 1 saturated carbocycles. The van der Waals surface area contributed by atoms with Gasteiger partial charge < -0.3 is 5.32 Å². The average molecular weight is 429 g/mol. The number of sulfonamides is 1. The molecule has 0 saturated heterocycles. The third-order valence-corrected chi connectivity index (χ3v) is 6.97. The number of nitrogens with one attached hydrogen (secondary N) is 2. The summed E-state index contributed by atoms with van der Waals surface area (Å²) in [5.41, 5.74) is 2.00. The van der Waals surface area contributed by atoms with Crippen LogP contribution in [0.4, 0.5) is 5.69 Å². The molecule has 2 aromatic rings. The molecule has 2 N–H and O–H groups in total. The van der Waals surface area contributed by atoms with E-state index >= 15 is 0 Å². The van der Waals surface area contributed by atoms with Gasteiger partial charge in [-0.15, -0.1) is 0 Å². The van der Waals surface area contributed by atoms with Crippen molar-refractivity contribution in [2.75, 3.05) is 11.3 Å². The van der Waals surface area contributed by atoms with Crippen LogP contribution < -0.4 is 10.0 Å². The minimum Gasteiger partial charge on any atom is -0.355 e. The molecule has 3 rings (SSSR count). The molecule has 0 radical (unpaired) electrons. The molecular weight excluding hydrogens is 396 g/mol. The van der Waals surface area contributed by atoms with Crippen LogP contribution in [0, 0.1) is 5.92 Å². The van der Waals surface area contributed by atoms with Crippen molar-refractivity contribution >= 4 is 21.6 Å². The Hall–Kier alpha value is -2.34. The lowest BCUT2D eigenvalue weighted by atomic mass is 9.87. The lowest BCUT2D eigenvalue weighted by Gasteiger charge is -2.19. The number of carbonyl (C=O) groups is 1. The Morgan fingerprint density at radius 1 is 1.00 bits per heavy atom. The van der Waals surface area contributed by atoms with Gasteiger partial charge >= 0.3 is 0 Å². The average Bonchev–Trinajstić information content (AvgIpc) is 3.48. The van der Waals surface area contributed by atoms with Gasteiger partial charge in [-0.25, -0.2) is 8.42 Å². The Kier molecular flexibility index (Phi) is 6.01. The molecule has 0 atom stereocenters. The number of carbonyl (C=O) groups excluding carboxylic acids is 1. The quantitative estimate of drug-likeness (QED) is 0.677. The highest BCUT2D eigenvalue weighted by molar-refractivity contribution is 7.92. The first-order chi connectivity index (χ1) is 13.9. The minimum atomic E-state index is -3.67. The Morgan fingerprint density at radius 3 is 2.03 bits per heavy atom. The van der Waals surface area contributed by atoms with Crippen molar-refractivity contribution in [3.05, 3.63) is 59.7 Å². The monoisotopic (exact) mass is 428 g/mol. The molecule has 0 heterocycles. The summed E-state index contributed by atoms with van der Waals surface area (Å²) in [4.78, 5) is 12.8. The van der Waals surface area contributed by atoms with Gasteiger partial charge in [-0.05, 0) is 59.6 Å². The number of rotatable bonds is 7. The summed E-state index contributed by atoms with van der Waals surface area (Å²) < 4.78 is 28.1. The van der Waals surface area contributed by atoms with E-state index in [4.69, 9.17) is 0 Å². The second-order valence-corrected chi connectivity index (χ2v) is 11.3. The zero-order valence-electron chi connectivity index (χ0n) is 18.5. The second-order valence-electron chi connectivity index (χ2n) is 9.64. The normalized spacial score (nSPS) is 15.7. The Labute approximate surface area is 180 Å². The number of hydrogen-bond acceptors (Lipinski definition) is 3. The zero-order valence-corrected chi connectivity index (χ0v) is 19.3. The maximum absolute atomic E-state index is 12.7. The maximum Gasteiger partial charge on any atom is 0.261 e. The zero-order chi connectivity index (χ0) is 22.2. The summed E-state index contributed by atoms with van der Waals surface area (Å²) >= 11 is 0. The first-order valence-electron chi connectivity index (χ1n) is 10.5. The number of anilines is 1. The second kappa shape index (κ2) is 8.06. The van der Waals surface area contributed by atoms with Crippen LogP contribution in [-0.4, -0.2) is 20.9 Å². The van der Waals surface area contributed by atoms with Gasteiger partial charge in [0.15, 0.2) is 0 Å². The van der Waals surface area contributed by atoms with Gasteiger partial charge in [0.25, 0.3) is 10.0 Å². The van der Waals surface area contributed by atoms with Crippen LogP contribution in [0.25, 0.3) is 0 Å². The van der Waals surface area contributed by atoms with Crippen molar-refractivity contribution in [3.63, 3.8) is 0 Å². The molecule has 0 unspecified atom stereocenters. The van der Waals surface area contributed by atoms with Crippen LogP contribution in [0.5, 0.6) is 0 Å². The molecule has 1 fully saturated rings. The van der Waals surface area contributed by atoms with E-state index in [0.29, 0.717) is 18.2 Å². The van der Waals surface area contributed by atoms with Crippen LogP contribution in [0.15, 0.2) is 53.4 Å². The topological polar surface area (TPSA) is 75.3 Å². The van der Waals surface area contributed by atoms with Crippen molar-refractivity contribution in [3.8, 4) is 0 Å². The van der Waals surface area contributed by atoms with E-state index in [1.54, 1.807) is 24.3 Å². The highest BCUT2D eigenvalue weighted by atomic mass is 32.2. The maximum atomic E-state index is 12.7. The van der Waals surface area contributed by atoms with Gasteiger partial charge in [0.2, 0.25) is 5.91 Å². The van der Waals surface area contributed by atoms with E-state index in [2.05, 4.69) is 44.7 Å². The van der Waals surface area contributed by atoms with Crippen LogP contribution in [-0.2, 0) is 25.6 Å². The van der Waals surface area contributed by atoms with E-state index in [-0.39, 0.29) is 16.2 Å². The van der Waals surface area contributed by atoms with Crippen molar-refractivity contribution < 1.29 is 13.2 Å². The number of benzene rings is 2. The van der Waals surface area contributed by atoms with Crippen molar-refractivity contribution in [2.45, 2.75) is 63.2 Å². The fourth-order valence-corrected chi connectivity index (χ4v) is 4.50. The SMILES string of the molecule is CC(C)CNC(=O)C1(c2ccc(NS(=O)(=O)c3ccc(C(C)(C)C)cc3)cc2)CC1. The summed E-state index contributed by atoms with van der Waals surface area (Å²) in [7, 11) is -3.67. The van der Waals surface area contributed by atoms with Crippen LogP contribution in [0.3, 0.4) is 0 Å². The standard InChI is InChI=1S/C24H32N2O3S/c1-17(2)16-25-22(27)24(14-15-24)19-6-10-20(11-7-19)26-30(28,29)21-12-8-18(9-13-21)23(3,4)5/h6-13,17,26H,14-16H2,1-5H3,(H,25,27). The molecule has 0 bridgehead atoms. The van der Waals surface area contributed by atoms with E-state index in [1.807, 2.05) is 24.3 Å². The highest BCUT2D eigenvalue weighted by Crippen LogP contribution is 2.48. The molecular formula is C24H32N2O3S. The van der Waals surface area contributed by atoms with Gasteiger partial charge in [0.1, 0.15) is 0 Å². The molecule has 5 nitrogen and oxygen atoms in total. The predicted octanol–water partition coefficient (Wildman–Crippen LogP) is 4.59. The smallest absolute Gasteiger partial charge is 0.261 e. The summed E-state index contributed by atoms with van der Waals surface area (Å²) in [5, 5.41) is 3.02. The molecule has 1 aliphatic carbocycles. The van der Waals surface area contributed by atoms with Crippen molar-refractivity contribution in [2.24, 2.45) is 5.92 Å². The van der Waals surface area contributed by atoms with Gasteiger partial charge in [-0.3, -0.25) is 9.52 Å². The molecule has 2 aromatic carbocycles. The summed E-state index contributed by atoms with van der Waals surface area (Å²) in [6.45, 7) is 11.1. The molecule has 6 heteroatoms. The first-order valence-corrected chi connectivity index (χ1v) is 11.9.